The Morgan fingerprint density at radius 1 is 1.62 bits per heavy atom. The van der Waals surface area contributed by atoms with Crippen molar-refractivity contribution >= 4 is 17.7 Å². The van der Waals surface area contributed by atoms with Gasteiger partial charge >= 0.3 is 5.97 Å². The highest BCUT2D eigenvalue weighted by molar-refractivity contribution is 8.00. The molecule has 1 rings (SSSR count). The summed E-state index contributed by atoms with van der Waals surface area (Å²) in [5, 5.41) is 9.05. The molecule has 1 heterocycles. The number of carbonyl (C=O) groups is 1. The summed E-state index contributed by atoms with van der Waals surface area (Å²) in [6.45, 7) is 5.25. The summed E-state index contributed by atoms with van der Waals surface area (Å²) in [5.41, 5.74) is 0. The fourth-order valence-electron chi connectivity index (χ4n) is 1.33. The minimum atomic E-state index is -0.877. The van der Waals surface area contributed by atoms with E-state index in [9.17, 15) is 4.79 Å². The van der Waals surface area contributed by atoms with Gasteiger partial charge in [-0.25, -0.2) is 4.79 Å². The van der Waals surface area contributed by atoms with Gasteiger partial charge < -0.3 is 10.0 Å². The molecule has 0 amide bonds. The highest BCUT2D eigenvalue weighted by Gasteiger charge is 2.22. The van der Waals surface area contributed by atoms with Crippen molar-refractivity contribution in [3.8, 4) is 0 Å². The van der Waals surface area contributed by atoms with Gasteiger partial charge in [-0.2, -0.15) is 11.8 Å². The number of nitrogens with zero attached hydrogens (tertiary/aromatic N) is 1. The first-order valence-corrected chi connectivity index (χ1v) is 5.44. The molecule has 1 aliphatic heterocycles. The zero-order valence-electron chi connectivity index (χ0n) is 7.93. The third kappa shape index (κ3) is 2.95. The van der Waals surface area contributed by atoms with Gasteiger partial charge in [-0.15, -0.1) is 0 Å². The Kier molecular flexibility index (Phi) is 3.66. The van der Waals surface area contributed by atoms with Crippen molar-refractivity contribution in [3.63, 3.8) is 0 Å². The smallest absolute Gasteiger partial charge is 0.329 e. The maximum atomic E-state index is 10.3. The second kappa shape index (κ2) is 4.56. The van der Waals surface area contributed by atoms with E-state index in [0.29, 0.717) is 11.3 Å². The fraction of sp³-hybridized carbons (Fsp3) is 0.667. The van der Waals surface area contributed by atoms with Gasteiger partial charge in [0.25, 0.3) is 0 Å². The van der Waals surface area contributed by atoms with E-state index < -0.39 is 5.97 Å². The van der Waals surface area contributed by atoms with E-state index in [1.807, 2.05) is 11.8 Å². The average Bonchev–Trinajstić information content (AvgIpc) is 2.07. The second-order valence-electron chi connectivity index (χ2n) is 3.21. The van der Waals surface area contributed by atoms with Gasteiger partial charge in [-0.1, -0.05) is 6.92 Å². The highest BCUT2D eigenvalue weighted by Crippen LogP contribution is 2.24. The number of hydrogen-bond donors (Lipinski definition) is 1. The van der Waals surface area contributed by atoms with Crippen LogP contribution in [0, 0.1) is 0 Å². The SMILES string of the molecule is CC1SCCN(/C=C/C(=O)O)C1C. The summed E-state index contributed by atoms with van der Waals surface area (Å²) >= 11 is 1.94. The van der Waals surface area contributed by atoms with Crippen LogP contribution in [-0.2, 0) is 4.79 Å². The number of hydrogen-bond acceptors (Lipinski definition) is 3. The minimum absolute atomic E-state index is 0.425. The first-order chi connectivity index (χ1) is 6.11. The predicted octanol–water partition coefficient (Wildman–Crippen LogP) is 1.41. The molecule has 1 N–H and O–H groups in total. The minimum Gasteiger partial charge on any atom is -0.478 e. The van der Waals surface area contributed by atoms with Gasteiger partial charge in [0, 0.05) is 35.9 Å². The van der Waals surface area contributed by atoms with E-state index in [4.69, 9.17) is 5.11 Å². The van der Waals surface area contributed by atoms with Crippen LogP contribution in [0.3, 0.4) is 0 Å². The quantitative estimate of drug-likeness (QED) is 0.686. The van der Waals surface area contributed by atoms with Crippen LogP contribution in [0.25, 0.3) is 0 Å². The van der Waals surface area contributed by atoms with Crippen LogP contribution in [-0.4, -0.2) is 39.6 Å². The number of rotatable bonds is 2. The van der Waals surface area contributed by atoms with Crippen LogP contribution in [0.2, 0.25) is 0 Å². The third-order valence-electron chi connectivity index (χ3n) is 2.34. The molecule has 0 aromatic carbocycles. The Bertz CT molecular complexity index is 218. The lowest BCUT2D eigenvalue weighted by Crippen LogP contribution is -2.41. The molecule has 0 saturated carbocycles. The van der Waals surface area contributed by atoms with E-state index in [1.54, 1.807) is 6.20 Å². The normalized spacial score (nSPS) is 29.5. The van der Waals surface area contributed by atoms with Gasteiger partial charge in [-0.05, 0) is 6.92 Å². The maximum Gasteiger partial charge on any atom is 0.329 e. The topological polar surface area (TPSA) is 40.5 Å². The molecule has 1 saturated heterocycles. The lowest BCUT2D eigenvalue weighted by Gasteiger charge is -2.36. The summed E-state index contributed by atoms with van der Waals surface area (Å²) in [4.78, 5) is 12.4. The molecule has 3 nitrogen and oxygen atoms in total. The molecule has 2 atom stereocenters. The monoisotopic (exact) mass is 201 g/mol. The Morgan fingerprint density at radius 2 is 2.31 bits per heavy atom. The van der Waals surface area contributed by atoms with E-state index >= 15 is 0 Å². The Morgan fingerprint density at radius 3 is 2.92 bits per heavy atom. The summed E-state index contributed by atoms with van der Waals surface area (Å²) in [7, 11) is 0. The predicted molar refractivity (Wildman–Crippen MR) is 54.9 cm³/mol. The van der Waals surface area contributed by atoms with Crippen molar-refractivity contribution in [2.45, 2.75) is 25.1 Å². The van der Waals surface area contributed by atoms with Crippen LogP contribution >= 0.6 is 11.8 Å². The number of thioether (sulfide) groups is 1. The molecule has 0 aromatic rings. The van der Waals surface area contributed by atoms with Gasteiger partial charge in [-0.3, -0.25) is 0 Å². The van der Waals surface area contributed by atoms with E-state index in [-0.39, 0.29) is 0 Å². The number of carboxylic acids is 1. The summed E-state index contributed by atoms with van der Waals surface area (Å²) in [6.07, 6.45) is 2.89. The fourth-order valence-corrected chi connectivity index (χ4v) is 2.45. The van der Waals surface area contributed by atoms with Gasteiger partial charge in [0.15, 0.2) is 0 Å². The van der Waals surface area contributed by atoms with Crippen molar-refractivity contribution in [1.82, 2.24) is 4.90 Å². The summed E-state index contributed by atoms with van der Waals surface area (Å²) in [6, 6.07) is 0.425. The summed E-state index contributed by atoms with van der Waals surface area (Å²) < 4.78 is 0. The number of carboxylic acid groups (broad SMARTS) is 1. The maximum absolute atomic E-state index is 10.3. The lowest BCUT2D eigenvalue weighted by molar-refractivity contribution is -0.131. The van der Waals surface area contributed by atoms with Crippen LogP contribution in [0.4, 0.5) is 0 Å². The molecule has 0 bridgehead atoms. The third-order valence-corrected chi connectivity index (χ3v) is 3.68. The molecule has 0 radical (unpaired) electrons. The van der Waals surface area contributed by atoms with E-state index in [0.717, 1.165) is 12.3 Å². The van der Waals surface area contributed by atoms with Crippen molar-refractivity contribution in [2.24, 2.45) is 0 Å². The highest BCUT2D eigenvalue weighted by atomic mass is 32.2. The van der Waals surface area contributed by atoms with Crippen molar-refractivity contribution in [3.05, 3.63) is 12.3 Å². The molecule has 0 aromatic heterocycles. The Hall–Kier alpha value is -0.640. The molecule has 13 heavy (non-hydrogen) atoms. The Labute approximate surface area is 82.8 Å². The molecule has 0 spiro atoms. The molecule has 2 unspecified atom stereocenters. The van der Waals surface area contributed by atoms with Crippen molar-refractivity contribution < 1.29 is 9.90 Å². The zero-order chi connectivity index (χ0) is 9.84. The number of aliphatic carboxylic acids is 1. The molecule has 4 heteroatoms. The summed E-state index contributed by atoms with van der Waals surface area (Å²) in [5.74, 6) is 0.202. The molecule has 74 valence electrons. The Balaban J connectivity index is 2.53. The molecule has 0 aliphatic carbocycles. The molecule has 1 aliphatic rings. The molecular weight excluding hydrogens is 186 g/mol. The van der Waals surface area contributed by atoms with Gasteiger partial charge in [0.1, 0.15) is 0 Å². The lowest BCUT2D eigenvalue weighted by atomic mass is 10.2. The molecule has 1 fully saturated rings. The first kappa shape index (κ1) is 10.4. The van der Waals surface area contributed by atoms with Gasteiger partial charge in [0.2, 0.25) is 0 Å². The van der Waals surface area contributed by atoms with Crippen LogP contribution < -0.4 is 0 Å². The zero-order valence-corrected chi connectivity index (χ0v) is 8.75. The largest absolute Gasteiger partial charge is 0.478 e. The van der Waals surface area contributed by atoms with Gasteiger partial charge in [0.05, 0.1) is 0 Å². The van der Waals surface area contributed by atoms with Crippen LogP contribution in [0.5, 0.6) is 0 Å². The van der Waals surface area contributed by atoms with Crippen LogP contribution in [0.1, 0.15) is 13.8 Å². The van der Waals surface area contributed by atoms with E-state index in [1.165, 1.54) is 6.08 Å². The van der Waals surface area contributed by atoms with Crippen LogP contribution in [0.15, 0.2) is 12.3 Å². The standard InChI is InChI=1S/C9H15NO2S/c1-7-8(2)13-6-5-10(7)4-3-9(11)12/h3-4,7-8H,5-6H2,1-2H3,(H,11,12)/b4-3+. The van der Waals surface area contributed by atoms with Crippen molar-refractivity contribution in [2.75, 3.05) is 12.3 Å². The second-order valence-corrected chi connectivity index (χ2v) is 4.69. The first-order valence-electron chi connectivity index (χ1n) is 4.39. The van der Waals surface area contributed by atoms with E-state index in [2.05, 4.69) is 18.7 Å². The average molecular weight is 201 g/mol. The van der Waals surface area contributed by atoms with Crippen molar-refractivity contribution in [1.29, 1.82) is 0 Å². The molecular formula is C9H15NO2S.